The minimum atomic E-state index is 0.164. The second kappa shape index (κ2) is 5.29. The van der Waals surface area contributed by atoms with Gasteiger partial charge in [-0.1, -0.05) is 20.8 Å². The quantitative estimate of drug-likeness (QED) is 0.815. The molecular formula is C17H28N2O2. The number of hydrogen-bond donors (Lipinski definition) is 2. The van der Waals surface area contributed by atoms with Crippen molar-refractivity contribution in [3.8, 4) is 0 Å². The van der Waals surface area contributed by atoms with Crippen molar-refractivity contribution < 1.29 is 9.59 Å². The Bertz CT molecular complexity index is 438. The van der Waals surface area contributed by atoms with Gasteiger partial charge in [0.05, 0.1) is 0 Å². The van der Waals surface area contributed by atoms with E-state index >= 15 is 0 Å². The molecule has 0 aromatic rings. The zero-order chi connectivity index (χ0) is 15.2. The van der Waals surface area contributed by atoms with Crippen LogP contribution in [0.25, 0.3) is 0 Å². The van der Waals surface area contributed by atoms with Gasteiger partial charge in [-0.05, 0) is 43.4 Å². The Balaban J connectivity index is 1.62. The fraction of sp³-hybridized carbons (Fsp3) is 0.882. The largest absolute Gasteiger partial charge is 0.355 e. The summed E-state index contributed by atoms with van der Waals surface area (Å²) < 4.78 is 0. The molecule has 0 saturated heterocycles. The summed E-state index contributed by atoms with van der Waals surface area (Å²) in [5.74, 6) is 1.75. The van der Waals surface area contributed by atoms with E-state index in [1.165, 1.54) is 0 Å². The predicted molar refractivity (Wildman–Crippen MR) is 81.4 cm³/mol. The van der Waals surface area contributed by atoms with E-state index in [0.29, 0.717) is 18.4 Å². The monoisotopic (exact) mass is 292 g/mol. The number of carbonyl (C=O) groups excluding carboxylic acids is 2. The highest BCUT2D eigenvalue weighted by atomic mass is 16.2. The molecule has 3 aliphatic carbocycles. The van der Waals surface area contributed by atoms with Crippen LogP contribution in [0.2, 0.25) is 0 Å². The van der Waals surface area contributed by atoms with Gasteiger partial charge in [-0.25, -0.2) is 0 Å². The summed E-state index contributed by atoms with van der Waals surface area (Å²) in [4.78, 5) is 24.0. The van der Waals surface area contributed by atoms with E-state index < -0.39 is 0 Å². The summed E-state index contributed by atoms with van der Waals surface area (Å²) in [7, 11) is 0. The van der Waals surface area contributed by atoms with Gasteiger partial charge >= 0.3 is 0 Å². The van der Waals surface area contributed by atoms with E-state index in [-0.39, 0.29) is 35.1 Å². The Morgan fingerprint density at radius 2 is 1.62 bits per heavy atom. The molecule has 4 heteroatoms. The smallest absolute Gasteiger partial charge is 0.223 e. The fourth-order valence-corrected chi connectivity index (χ4v) is 3.97. The lowest BCUT2D eigenvalue weighted by atomic mass is 9.80. The zero-order valence-corrected chi connectivity index (χ0v) is 13.4. The topological polar surface area (TPSA) is 58.2 Å². The third-order valence-electron chi connectivity index (χ3n) is 5.60. The molecule has 21 heavy (non-hydrogen) atoms. The van der Waals surface area contributed by atoms with Crippen LogP contribution < -0.4 is 10.6 Å². The lowest BCUT2D eigenvalue weighted by Crippen LogP contribution is -2.47. The summed E-state index contributed by atoms with van der Waals surface area (Å²) in [5.41, 5.74) is 0.164. The summed E-state index contributed by atoms with van der Waals surface area (Å²) in [6.45, 7) is 7.45. The highest BCUT2D eigenvalue weighted by molar-refractivity contribution is 5.81. The molecule has 3 fully saturated rings. The van der Waals surface area contributed by atoms with Crippen LogP contribution in [-0.4, -0.2) is 24.4 Å². The maximum absolute atomic E-state index is 12.1. The van der Waals surface area contributed by atoms with E-state index in [1.807, 2.05) is 0 Å². The molecular weight excluding hydrogens is 264 g/mol. The van der Waals surface area contributed by atoms with Crippen molar-refractivity contribution in [2.24, 2.45) is 29.1 Å². The van der Waals surface area contributed by atoms with Crippen LogP contribution in [0.3, 0.4) is 0 Å². The van der Waals surface area contributed by atoms with Crippen molar-refractivity contribution >= 4 is 11.8 Å². The minimum absolute atomic E-state index is 0.164. The molecule has 3 rings (SSSR count). The first-order valence-electron chi connectivity index (χ1n) is 8.46. The van der Waals surface area contributed by atoms with Crippen LogP contribution in [0.5, 0.6) is 0 Å². The first kappa shape index (κ1) is 14.9. The van der Waals surface area contributed by atoms with Crippen LogP contribution in [0.4, 0.5) is 0 Å². The number of hydrogen-bond acceptors (Lipinski definition) is 2. The fourth-order valence-electron chi connectivity index (χ4n) is 3.97. The van der Waals surface area contributed by atoms with Gasteiger partial charge in [0.1, 0.15) is 0 Å². The summed E-state index contributed by atoms with van der Waals surface area (Å²) in [6.07, 6.45) is 5.27. The molecule has 0 aromatic carbocycles. The zero-order valence-electron chi connectivity index (χ0n) is 13.4. The van der Waals surface area contributed by atoms with Crippen LogP contribution in [0.15, 0.2) is 0 Å². The molecule has 0 radical (unpaired) electrons. The maximum Gasteiger partial charge on any atom is 0.223 e. The molecule has 3 saturated carbocycles. The van der Waals surface area contributed by atoms with Crippen molar-refractivity contribution in [1.29, 1.82) is 0 Å². The molecule has 4 nitrogen and oxygen atoms in total. The number of carbonyl (C=O) groups is 2. The van der Waals surface area contributed by atoms with E-state index in [4.69, 9.17) is 0 Å². The van der Waals surface area contributed by atoms with Gasteiger partial charge in [0.15, 0.2) is 0 Å². The first-order chi connectivity index (χ1) is 9.88. The molecule has 3 aliphatic rings. The molecule has 3 atom stereocenters. The predicted octanol–water partition coefficient (Wildman–Crippen LogP) is 2.09. The molecule has 0 aliphatic heterocycles. The van der Waals surface area contributed by atoms with Gasteiger partial charge in [0.25, 0.3) is 0 Å². The van der Waals surface area contributed by atoms with Gasteiger partial charge in [-0.2, -0.15) is 0 Å². The normalized spacial score (nSPS) is 34.5. The number of nitrogens with one attached hydrogen (secondary N) is 2. The van der Waals surface area contributed by atoms with Crippen molar-refractivity contribution in [3.05, 3.63) is 0 Å². The SMILES string of the molecule is CC1CC(C)(C)C(CNC(=O)C2CC2)C1NC(=O)C1CC1. The summed E-state index contributed by atoms with van der Waals surface area (Å²) >= 11 is 0. The van der Waals surface area contributed by atoms with E-state index in [2.05, 4.69) is 31.4 Å². The highest BCUT2D eigenvalue weighted by Gasteiger charge is 2.48. The van der Waals surface area contributed by atoms with Crippen LogP contribution in [0.1, 0.15) is 52.9 Å². The maximum atomic E-state index is 12.1. The van der Waals surface area contributed by atoms with Crippen molar-refractivity contribution in [1.82, 2.24) is 10.6 Å². The van der Waals surface area contributed by atoms with Gasteiger partial charge in [-0.15, -0.1) is 0 Å². The van der Waals surface area contributed by atoms with E-state index in [1.54, 1.807) is 0 Å². The van der Waals surface area contributed by atoms with Crippen molar-refractivity contribution in [2.45, 2.75) is 58.9 Å². The third kappa shape index (κ3) is 3.24. The molecule has 0 heterocycles. The summed E-state index contributed by atoms with van der Waals surface area (Å²) in [6, 6.07) is 0.201. The molecule has 118 valence electrons. The second-order valence-electron chi connectivity index (χ2n) is 8.10. The number of amides is 2. The van der Waals surface area contributed by atoms with Crippen LogP contribution in [-0.2, 0) is 9.59 Å². The Hall–Kier alpha value is -1.06. The van der Waals surface area contributed by atoms with E-state index in [0.717, 1.165) is 32.1 Å². The molecule has 0 aromatic heterocycles. The molecule has 0 spiro atoms. The Labute approximate surface area is 127 Å². The van der Waals surface area contributed by atoms with Gasteiger partial charge < -0.3 is 10.6 Å². The van der Waals surface area contributed by atoms with Gasteiger partial charge in [0, 0.05) is 30.3 Å². The molecule has 3 unspecified atom stereocenters. The first-order valence-corrected chi connectivity index (χ1v) is 8.46. The van der Waals surface area contributed by atoms with Crippen LogP contribution in [0, 0.1) is 29.1 Å². The average Bonchev–Trinajstić information content (AvgIpc) is 3.28. The Kier molecular flexibility index (Phi) is 3.74. The Morgan fingerprint density at radius 3 is 2.19 bits per heavy atom. The molecule has 2 amide bonds. The molecule has 2 N–H and O–H groups in total. The second-order valence-corrected chi connectivity index (χ2v) is 8.10. The Morgan fingerprint density at radius 1 is 1.05 bits per heavy atom. The minimum Gasteiger partial charge on any atom is -0.355 e. The number of rotatable bonds is 5. The van der Waals surface area contributed by atoms with Gasteiger partial charge in [-0.3, -0.25) is 9.59 Å². The summed E-state index contributed by atoms with van der Waals surface area (Å²) in [5, 5.41) is 6.40. The van der Waals surface area contributed by atoms with E-state index in [9.17, 15) is 9.59 Å². The van der Waals surface area contributed by atoms with Crippen molar-refractivity contribution in [2.75, 3.05) is 6.54 Å². The van der Waals surface area contributed by atoms with Gasteiger partial charge in [0.2, 0.25) is 11.8 Å². The lowest BCUT2D eigenvalue weighted by molar-refractivity contribution is -0.123. The lowest BCUT2D eigenvalue weighted by Gasteiger charge is -2.31. The highest BCUT2D eigenvalue weighted by Crippen LogP contribution is 2.46. The van der Waals surface area contributed by atoms with Crippen LogP contribution >= 0.6 is 0 Å². The average molecular weight is 292 g/mol. The third-order valence-corrected chi connectivity index (χ3v) is 5.60. The standard InChI is InChI=1S/C17H28N2O2/c1-10-8-17(2,3)13(9-18-15(20)11-4-5-11)14(10)19-16(21)12-6-7-12/h10-14H,4-9H2,1-3H3,(H,18,20)(H,19,21). The van der Waals surface area contributed by atoms with Crippen molar-refractivity contribution in [3.63, 3.8) is 0 Å². The molecule has 0 bridgehead atoms.